The van der Waals surface area contributed by atoms with Crippen molar-refractivity contribution in [3.8, 4) is 0 Å². The van der Waals surface area contributed by atoms with Crippen LogP contribution in [0.4, 0.5) is 4.39 Å². The molecule has 0 spiro atoms. The molecular formula is C14H14BrFN2. The molecule has 0 aliphatic carbocycles. The van der Waals surface area contributed by atoms with Crippen LogP contribution in [0.5, 0.6) is 0 Å². The van der Waals surface area contributed by atoms with Gasteiger partial charge in [-0.3, -0.25) is 4.98 Å². The molecule has 4 heteroatoms. The molecule has 2 nitrogen and oxygen atoms in total. The van der Waals surface area contributed by atoms with E-state index < -0.39 is 0 Å². The van der Waals surface area contributed by atoms with Gasteiger partial charge in [-0.15, -0.1) is 0 Å². The van der Waals surface area contributed by atoms with E-state index in [9.17, 15) is 4.39 Å². The number of rotatable bonds is 3. The summed E-state index contributed by atoms with van der Waals surface area (Å²) < 4.78 is 14.0. The van der Waals surface area contributed by atoms with E-state index in [2.05, 4.69) is 20.9 Å². The largest absolute Gasteiger partial charge is 0.324 e. The maximum atomic E-state index is 13.3. The second kappa shape index (κ2) is 5.59. The lowest BCUT2D eigenvalue weighted by atomic mass is 10.0. The molecule has 94 valence electrons. The summed E-state index contributed by atoms with van der Waals surface area (Å²) >= 11 is 3.27. The van der Waals surface area contributed by atoms with Gasteiger partial charge < -0.3 is 5.73 Å². The third-order valence-electron chi connectivity index (χ3n) is 2.71. The van der Waals surface area contributed by atoms with Crippen molar-refractivity contribution < 1.29 is 4.39 Å². The first-order valence-corrected chi connectivity index (χ1v) is 6.47. The van der Waals surface area contributed by atoms with Crippen LogP contribution >= 0.6 is 15.9 Å². The lowest BCUT2D eigenvalue weighted by molar-refractivity contribution is 0.616. The van der Waals surface area contributed by atoms with Crippen molar-refractivity contribution >= 4 is 15.9 Å². The Labute approximate surface area is 114 Å². The Kier molecular flexibility index (Phi) is 4.09. The highest BCUT2D eigenvalue weighted by Crippen LogP contribution is 2.21. The fraction of sp³-hybridized carbons (Fsp3) is 0.214. The molecule has 0 aliphatic heterocycles. The Bertz CT molecular complexity index is 520. The molecule has 1 atom stereocenters. The number of aromatic nitrogens is 1. The van der Waals surface area contributed by atoms with E-state index in [1.54, 1.807) is 0 Å². The summed E-state index contributed by atoms with van der Waals surface area (Å²) in [6.45, 7) is 1.99. The first kappa shape index (κ1) is 13.2. The quantitative estimate of drug-likeness (QED) is 0.942. The van der Waals surface area contributed by atoms with Gasteiger partial charge in [0, 0.05) is 28.8 Å². The summed E-state index contributed by atoms with van der Waals surface area (Å²) in [7, 11) is 0. The van der Waals surface area contributed by atoms with Gasteiger partial charge in [0.1, 0.15) is 5.82 Å². The van der Waals surface area contributed by atoms with Crippen LogP contribution in [0.3, 0.4) is 0 Å². The minimum Gasteiger partial charge on any atom is -0.324 e. The zero-order valence-electron chi connectivity index (χ0n) is 10.0. The first-order chi connectivity index (χ1) is 8.54. The molecular weight excluding hydrogens is 295 g/mol. The molecule has 1 aromatic carbocycles. The van der Waals surface area contributed by atoms with Crippen LogP contribution in [0.25, 0.3) is 0 Å². The zero-order valence-corrected chi connectivity index (χ0v) is 11.6. The van der Waals surface area contributed by atoms with E-state index in [0.29, 0.717) is 10.9 Å². The number of aryl methyl sites for hydroxylation is 1. The lowest BCUT2D eigenvalue weighted by Gasteiger charge is -2.12. The summed E-state index contributed by atoms with van der Waals surface area (Å²) in [5.74, 6) is -0.285. The summed E-state index contributed by atoms with van der Waals surface area (Å²) in [6, 6.07) is 8.40. The van der Waals surface area contributed by atoms with E-state index in [-0.39, 0.29) is 11.9 Å². The zero-order chi connectivity index (χ0) is 13.1. The average Bonchev–Trinajstić information content (AvgIpc) is 2.31. The summed E-state index contributed by atoms with van der Waals surface area (Å²) in [4.78, 5) is 4.30. The number of halogens is 2. The standard InChI is InChI=1S/C14H14BrFN2/c1-9-2-3-13(18-8-9)7-14(17)10-4-11(15)6-12(16)5-10/h2-6,8,14H,7,17H2,1H3. The van der Waals surface area contributed by atoms with Crippen molar-refractivity contribution in [3.05, 3.63) is 63.6 Å². The number of pyridine rings is 1. The van der Waals surface area contributed by atoms with Gasteiger partial charge in [-0.05, 0) is 42.3 Å². The SMILES string of the molecule is Cc1ccc(CC(N)c2cc(F)cc(Br)c2)nc1. The van der Waals surface area contributed by atoms with Crippen LogP contribution in [-0.4, -0.2) is 4.98 Å². The van der Waals surface area contributed by atoms with Crippen molar-refractivity contribution in [2.75, 3.05) is 0 Å². The smallest absolute Gasteiger partial charge is 0.124 e. The third-order valence-corrected chi connectivity index (χ3v) is 3.17. The van der Waals surface area contributed by atoms with Gasteiger partial charge in [-0.25, -0.2) is 4.39 Å². The van der Waals surface area contributed by atoms with E-state index in [1.165, 1.54) is 12.1 Å². The molecule has 0 fully saturated rings. The van der Waals surface area contributed by atoms with E-state index in [0.717, 1.165) is 16.8 Å². The highest BCUT2D eigenvalue weighted by Gasteiger charge is 2.10. The number of hydrogen-bond donors (Lipinski definition) is 1. The van der Waals surface area contributed by atoms with Gasteiger partial charge in [0.2, 0.25) is 0 Å². The summed E-state index contributed by atoms with van der Waals surface area (Å²) in [5.41, 5.74) is 8.87. The van der Waals surface area contributed by atoms with Crippen LogP contribution < -0.4 is 5.73 Å². The Morgan fingerprint density at radius 3 is 2.72 bits per heavy atom. The molecule has 1 heterocycles. The number of hydrogen-bond acceptors (Lipinski definition) is 2. The van der Waals surface area contributed by atoms with Crippen molar-refractivity contribution in [2.24, 2.45) is 5.73 Å². The lowest BCUT2D eigenvalue weighted by Crippen LogP contribution is -2.14. The minimum absolute atomic E-state index is 0.257. The predicted molar refractivity (Wildman–Crippen MR) is 73.7 cm³/mol. The Morgan fingerprint density at radius 1 is 1.33 bits per heavy atom. The van der Waals surface area contributed by atoms with Crippen molar-refractivity contribution in [1.29, 1.82) is 0 Å². The molecule has 1 aromatic heterocycles. The van der Waals surface area contributed by atoms with Crippen molar-refractivity contribution in [3.63, 3.8) is 0 Å². The van der Waals surface area contributed by atoms with Crippen LogP contribution in [0.2, 0.25) is 0 Å². The summed E-state index contributed by atoms with van der Waals surface area (Å²) in [5, 5.41) is 0. The first-order valence-electron chi connectivity index (χ1n) is 5.67. The highest BCUT2D eigenvalue weighted by molar-refractivity contribution is 9.10. The fourth-order valence-corrected chi connectivity index (χ4v) is 2.23. The second-order valence-corrected chi connectivity index (χ2v) is 5.26. The Morgan fingerprint density at radius 2 is 2.11 bits per heavy atom. The maximum Gasteiger partial charge on any atom is 0.124 e. The van der Waals surface area contributed by atoms with E-state index >= 15 is 0 Å². The van der Waals surface area contributed by atoms with Crippen LogP contribution in [0.15, 0.2) is 41.0 Å². The molecule has 0 radical (unpaired) electrons. The van der Waals surface area contributed by atoms with Gasteiger partial charge >= 0.3 is 0 Å². The normalized spacial score (nSPS) is 12.4. The van der Waals surface area contributed by atoms with Gasteiger partial charge in [0.15, 0.2) is 0 Å². The molecule has 0 aliphatic rings. The molecule has 2 rings (SSSR count). The summed E-state index contributed by atoms with van der Waals surface area (Å²) in [6.07, 6.45) is 2.40. The van der Waals surface area contributed by atoms with Crippen LogP contribution in [0.1, 0.15) is 22.9 Å². The molecule has 1 unspecified atom stereocenters. The molecule has 0 bridgehead atoms. The number of benzene rings is 1. The highest BCUT2D eigenvalue weighted by atomic mass is 79.9. The molecule has 0 saturated carbocycles. The molecule has 0 amide bonds. The predicted octanol–water partition coefficient (Wildman–Crippen LogP) is 3.53. The Balaban J connectivity index is 2.16. The maximum absolute atomic E-state index is 13.3. The van der Waals surface area contributed by atoms with E-state index in [1.807, 2.05) is 31.3 Å². The average molecular weight is 309 g/mol. The van der Waals surface area contributed by atoms with Gasteiger partial charge in [-0.2, -0.15) is 0 Å². The second-order valence-electron chi connectivity index (χ2n) is 4.34. The Hall–Kier alpha value is -1.26. The van der Waals surface area contributed by atoms with Crippen molar-refractivity contribution in [1.82, 2.24) is 4.98 Å². The molecule has 2 N–H and O–H groups in total. The third kappa shape index (κ3) is 3.37. The van der Waals surface area contributed by atoms with Crippen LogP contribution in [-0.2, 0) is 6.42 Å². The number of nitrogens with zero attached hydrogens (tertiary/aromatic N) is 1. The van der Waals surface area contributed by atoms with E-state index in [4.69, 9.17) is 5.73 Å². The molecule has 0 saturated heterocycles. The number of nitrogens with two attached hydrogens (primary N) is 1. The van der Waals surface area contributed by atoms with Gasteiger partial charge in [0.05, 0.1) is 0 Å². The molecule has 2 aromatic rings. The molecule has 18 heavy (non-hydrogen) atoms. The van der Waals surface area contributed by atoms with Crippen molar-refractivity contribution in [2.45, 2.75) is 19.4 Å². The minimum atomic E-state index is -0.285. The van der Waals surface area contributed by atoms with Gasteiger partial charge in [0.25, 0.3) is 0 Å². The fourth-order valence-electron chi connectivity index (χ4n) is 1.75. The van der Waals surface area contributed by atoms with Gasteiger partial charge in [-0.1, -0.05) is 22.0 Å². The topological polar surface area (TPSA) is 38.9 Å². The monoisotopic (exact) mass is 308 g/mol. The van der Waals surface area contributed by atoms with Crippen LogP contribution in [0, 0.1) is 12.7 Å².